The van der Waals surface area contributed by atoms with Gasteiger partial charge in [-0.25, -0.2) is 0 Å². The van der Waals surface area contributed by atoms with Gasteiger partial charge in [-0.2, -0.15) is 4.94 Å². The van der Waals surface area contributed by atoms with E-state index in [9.17, 15) is 9.32 Å². The molecule has 1 atom stereocenters. The van der Waals surface area contributed by atoms with Crippen LogP contribution < -0.4 is 10.6 Å². The standard InChI is InChI=1S/C6H13FN2O3.C2H6/c1-8-2-3-9-6(11)5(10)4-12-7;1-2/h5,8,10H,2-4H2,1H3,(H,9,11);1-2H3. The van der Waals surface area contributed by atoms with Gasteiger partial charge in [-0.05, 0) is 11.6 Å². The number of aliphatic hydroxyl groups excluding tert-OH is 1. The van der Waals surface area contributed by atoms with Crippen molar-refractivity contribution in [3.05, 3.63) is 0 Å². The number of likely N-dealkylation sites (N-methyl/N-ethyl adjacent to an activating group) is 1. The highest BCUT2D eigenvalue weighted by Crippen LogP contribution is 1.85. The normalized spacial score (nSPS) is 11.2. The molecular weight excluding hydrogens is 191 g/mol. The summed E-state index contributed by atoms with van der Waals surface area (Å²) < 4.78 is 11.1. The average molecular weight is 210 g/mol. The molecule has 5 nitrogen and oxygen atoms in total. The van der Waals surface area contributed by atoms with Crippen LogP contribution in [0.15, 0.2) is 0 Å². The minimum absolute atomic E-state index is 0.388. The smallest absolute Gasteiger partial charge is 0.251 e. The van der Waals surface area contributed by atoms with Crippen LogP contribution in [0.5, 0.6) is 0 Å². The van der Waals surface area contributed by atoms with Crippen molar-refractivity contribution in [1.29, 1.82) is 0 Å². The Balaban J connectivity index is 0. The number of halogens is 1. The van der Waals surface area contributed by atoms with E-state index in [0.29, 0.717) is 13.1 Å². The molecule has 0 saturated heterocycles. The Hall–Kier alpha value is -0.720. The van der Waals surface area contributed by atoms with Gasteiger partial charge in [0.05, 0.1) is 0 Å². The number of carbonyl (C=O) groups excluding carboxylic acids is 1. The molecule has 0 saturated carbocycles. The molecule has 0 aliphatic heterocycles. The van der Waals surface area contributed by atoms with Gasteiger partial charge in [0.2, 0.25) is 0 Å². The second-order valence-electron chi connectivity index (χ2n) is 2.19. The molecule has 0 spiro atoms. The van der Waals surface area contributed by atoms with Crippen molar-refractivity contribution < 1.29 is 19.4 Å². The van der Waals surface area contributed by atoms with Gasteiger partial charge >= 0.3 is 0 Å². The lowest BCUT2D eigenvalue weighted by Crippen LogP contribution is -2.39. The highest BCUT2D eigenvalue weighted by Gasteiger charge is 2.14. The lowest BCUT2D eigenvalue weighted by atomic mass is 10.3. The summed E-state index contributed by atoms with van der Waals surface area (Å²) >= 11 is 0. The van der Waals surface area contributed by atoms with Gasteiger partial charge in [0.15, 0.2) is 6.10 Å². The number of carbonyl (C=O) groups is 1. The van der Waals surface area contributed by atoms with E-state index >= 15 is 0 Å². The fourth-order valence-corrected chi connectivity index (χ4v) is 0.564. The fourth-order valence-electron chi connectivity index (χ4n) is 0.564. The molecule has 0 rings (SSSR count). The van der Waals surface area contributed by atoms with Crippen LogP contribution in [0.2, 0.25) is 0 Å². The number of nitrogens with one attached hydrogen (secondary N) is 2. The zero-order valence-electron chi connectivity index (χ0n) is 8.84. The Kier molecular flexibility index (Phi) is 13.8. The SMILES string of the molecule is CC.CNCCNC(=O)C(O)COF. The van der Waals surface area contributed by atoms with Crippen LogP contribution in [-0.2, 0) is 9.74 Å². The Morgan fingerprint density at radius 3 is 2.50 bits per heavy atom. The van der Waals surface area contributed by atoms with Gasteiger partial charge < -0.3 is 15.7 Å². The zero-order chi connectivity index (χ0) is 11.4. The third-order valence-electron chi connectivity index (χ3n) is 1.20. The number of hydrogen-bond donors (Lipinski definition) is 3. The minimum Gasteiger partial charge on any atom is -0.381 e. The third kappa shape index (κ3) is 9.37. The van der Waals surface area contributed by atoms with Crippen LogP contribution in [-0.4, -0.2) is 43.9 Å². The topological polar surface area (TPSA) is 70.6 Å². The first-order chi connectivity index (χ1) is 6.72. The van der Waals surface area contributed by atoms with E-state index in [0.717, 1.165) is 0 Å². The quantitative estimate of drug-likeness (QED) is 0.522. The molecule has 1 unspecified atom stereocenters. The molecule has 0 heterocycles. The Morgan fingerprint density at radius 2 is 2.07 bits per heavy atom. The van der Waals surface area contributed by atoms with Crippen molar-refractivity contribution in [3.8, 4) is 0 Å². The van der Waals surface area contributed by atoms with E-state index in [1.807, 2.05) is 13.8 Å². The van der Waals surface area contributed by atoms with Crippen molar-refractivity contribution in [2.24, 2.45) is 0 Å². The summed E-state index contributed by atoms with van der Waals surface area (Å²) in [5.41, 5.74) is 0. The molecule has 0 aliphatic rings. The molecule has 0 aromatic carbocycles. The second kappa shape index (κ2) is 12.3. The summed E-state index contributed by atoms with van der Waals surface area (Å²) in [5.74, 6) is -0.636. The van der Waals surface area contributed by atoms with E-state index < -0.39 is 18.6 Å². The monoisotopic (exact) mass is 210 g/mol. The van der Waals surface area contributed by atoms with Crippen molar-refractivity contribution in [2.45, 2.75) is 20.0 Å². The van der Waals surface area contributed by atoms with Crippen molar-refractivity contribution in [2.75, 3.05) is 26.7 Å². The third-order valence-corrected chi connectivity index (χ3v) is 1.20. The van der Waals surface area contributed by atoms with E-state index in [2.05, 4.69) is 15.6 Å². The Bertz CT molecular complexity index is 136. The maximum atomic E-state index is 11.1. The molecular formula is C8H19FN2O3. The largest absolute Gasteiger partial charge is 0.381 e. The van der Waals surface area contributed by atoms with Crippen LogP contribution in [0, 0.1) is 0 Å². The predicted octanol–water partition coefficient (Wildman–Crippen LogP) is -0.390. The molecule has 0 aromatic rings. The summed E-state index contributed by atoms with van der Waals surface area (Å²) in [6.07, 6.45) is -1.44. The molecule has 86 valence electrons. The molecule has 0 aliphatic carbocycles. The summed E-state index contributed by atoms with van der Waals surface area (Å²) in [7, 11) is 1.73. The van der Waals surface area contributed by atoms with E-state index in [1.165, 1.54) is 0 Å². The van der Waals surface area contributed by atoms with Crippen molar-refractivity contribution in [3.63, 3.8) is 0 Å². The highest BCUT2D eigenvalue weighted by molar-refractivity contribution is 5.80. The van der Waals surface area contributed by atoms with Gasteiger partial charge in [-0.3, -0.25) is 4.79 Å². The first-order valence-electron chi connectivity index (χ1n) is 4.56. The maximum Gasteiger partial charge on any atom is 0.251 e. The van der Waals surface area contributed by atoms with Crippen LogP contribution in [0.25, 0.3) is 0 Å². The molecule has 14 heavy (non-hydrogen) atoms. The van der Waals surface area contributed by atoms with Crippen molar-refractivity contribution >= 4 is 5.91 Å². The number of hydrogen-bond acceptors (Lipinski definition) is 4. The maximum absolute atomic E-state index is 11.1. The van der Waals surface area contributed by atoms with Crippen molar-refractivity contribution in [1.82, 2.24) is 10.6 Å². The van der Waals surface area contributed by atoms with Crippen LogP contribution >= 0.6 is 0 Å². The summed E-state index contributed by atoms with van der Waals surface area (Å²) in [4.78, 5) is 13.9. The summed E-state index contributed by atoms with van der Waals surface area (Å²) in [5, 5.41) is 14.0. The van der Waals surface area contributed by atoms with Gasteiger partial charge in [-0.1, -0.05) is 13.8 Å². The average Bonchev–Trinajstić information content (AvgIpc) is 2.21. The highest BCUT2D eigenvalue weighted by atomic mass is 19.3. The minimum atomic E-state index is -1.44. The fraction of sp³-hybridized carbons (Fsp3) is 0.875. The lowest BCUT2D eigenvalue weighted by Gasteiger charge is -2.08. The molecule has 0 radical (unpaired) electrons. The van der Waals surface area contributed by atoms with Crippen LogP contribution in [0.4, 0.5) is 4.53 Å². The Labute approximate surface area is 83.5 Å². The van der Waals surface area contributed by atoms with E-state index in [-0.39, 0.29) is 0 Å². The predicted molar refractivity (Wildman–Crippen MR) is 51.4 cm³/mol. The van der Waals surface area contributed by atoms with Crippen LogP contribution in [0.1, 0.15) is 13.8 Å². The lowest BCUT2D eigenvalue weighted by molar-refractivity contribution is -0.166. The molecule has 0 aromatic heterocycles. The number of aliphatic hydroxyl groups is 1. The van der Waals surface area contributed by atoms with Gasteiger partial charge in [0.1, 0.15) is 6.61 Å². The van der Waals surface area contributed by atoms with Gasteiger partial charge in [-0.15, -0.1) is 0 Å². The second-order valence-corrected chi connectivity index (χ2v) is 2.19. The summed E-state index contributed by atoms with van der Waals surface area (Å²) in [6.45, 7) is 4.35. The molecule has 3 N–H and O–H groups in total. The van der Waals surface area contributed by atoms with E-state index in [1.54, 1.807) is 7.05 Å². The van der Waals surface area contributed by atoms with E-state index in [4.69, 9.17) is 5.11 Å². The molecule has 6 heteroatoms. The van der Waals surface area contributed by atoms with Gasteiger partial charge in [0.25, 0.3) is 5.91 Å². The number of rotatable bonds is 6. The molecule has 0 bridgehead atoms. The summed E-state index contributed by atoms with van der Waals surface area (Å²) in [6, 6.07) is 0. The Morgan fingerprint density at radius 1 is 1.50 bits per heavy atom. The van der Waals surface area contributed by atoms with Gasteiger partial charge in [0, 0.05) is 13.1 Å². The number of amides is 1. The first-order valence-corrected chi connectivity index (χ1v) is 4.56. The molecule has 0 fully saturated rings. The zero-order valence-corrected chi connectivity index (χ0v) is 8.84. The van der Waals surface area contributed by atoms with Crippen LogP contribution in [0.3, 0.4) is 0 Å². The first kappa shape index (κ1) is 15.7. The molecule has 1 amide bonds.